The van der Waals surface area contributed by atoms with Crippen LogP contribution in [-0.2, 0) is 6.42 Å². The predicted molar refractivity (Wildman–Crippen MR) is 82.2 cm³/mol. The normalized spacial score (nSPS) is 23.5. The maximum Gasteiger partial charge on any atom is 0.0455 e. The molecule has 1 aliphatic rings. The van der Waals surface area contributed by atoms with Gasteiger partial charge >= 0.3 is 0 Å². The molecule has 1 aromatic rings. The third kappa shape index (κ3) is 3.37. The van der Waals surface area contributed by atoms with Crippen molar-refractivity contribution in [2.24, 2.45) is 11.7 Å². The molecule has 2 nitrogen and oxygen atoms in total. The minimum Gasteiger partial charge on any atom is -0.323 e. The van der Waals surface area contributed by atoms with E-state index in [0.717, 1.165) is 13.1 Å². The summed E-state index contributed by atoms with van der Waals surface area (Å²) in [6.45, 7) is 9.08. The zero-order valence-corrected chi connectivity index (χ0v) is 12.6. The number of nitrogens with zero attached hydrogens (tertiary/aromatic N) is 1. The Morgan fingerprint density at radius 2 is 2.05 bits per heavy atom. The SMILES string of the molecule is CCN(CC(C)C)C1CCCc2ccccc2C1N. The van der Waals surface area contributed by atoms with Gasteiger partial charge in [-0.1, -0.05) is 45.0 Å². The van der Waals surface area contributed by atoms with Gasteiger partial charge in [-0.05, 0) is 42.9 Å². The van der Waals surface area contributed by atoms with Crippen LogP contribution < -0.4 is 5.73 Å². The van der Waals surface area contributed by atoms with E-state index in [1.807, 2.05) is 0 Å². The highest BCUT2D eigenvalue weighted by Gasteiger charge is 2.28. The average molecular weight is 260 g/mol. The lowest BCUT2D eigenvalue weighted by atomic mass is 9.95. The summed E-state index contributed by atoms with van der Waals surface area (Å²) in [5.74, 6) is 0.700. The molecule has 1 aliphatic carbocycles. The zero-order valence-electron chi connectivity index (χ0n) is 12.6. The summed E-state index contributed by atoms with van der Waals surface area (Å²) in [4.78, 5) is 2.58. The Morgan fingerprint density at radius 1 is 1.32 bits per heavy atom. The molecule has 2 heteroatoms. The lowest BCUT2D eigenvalue weighted by Gasteiger charge is -2.35. The molecule has 2 unspecified atom stereocenters. The van der Waals surface area contributed by atoms with Crippen LogP contribution >= 0.6 is 0 Å². The second-order valence-corrected chi connectivity index (χ2v) is 6.17. The van der Waals surface area contributed by atoms with Crippen LogP contribution in [0.15, 0.2) is 24.3 Å². The molecule has 1 aromatic carbocycles. The van der Waals surface area contributed by atoms with Gasteiger partial charge in [0.1, 0.15) is 0 Å². The second-order valence-electron chi connectivity index (χ2n) is 6.17. The molecule has 19 heavy (non-hydrogen) atoms. The molecule has 0 radical (unpaired) electrons. The van der Waals surface area contributed by atoms with Crippen molar-refractivity contribution in [3.05, 3.63) is 35.4 Å². The molecule has 0 heterocycles. The number of aryl methyl sites for hydroxylation is 1. The van der Waals surface area contributed by atoms with E-state index in [-0.39, 0.29) is 6.04 Å². The maximum absolute atomic E-state index is 6.60. The highest BCUT2D eigenvalue weighted by molar-refractivity contribution is 5.32. The molecule has 2 rings (SSSR count). The number of benzene rings is 1. The lowest BCUT2D eigenvalue weighted by Crippen LogP contribution is -2.44. The molecule has 0 saturated heterocycles. The molecule has 106 valence electrons. The first kappa shape index (κ1) is 14.5. The van der Waals surface area contributed by atoms with Crippen molar-refractivity contribution < 1.29 is 0 Å². The third-order valence-corrected chi connectivity index (χ3v) is 4.25. The molecule has 0 aliphatic heterocycles. The van der Waals surface area contributed by atoms with Crippen LogP contribution in [0.3, 0.4) is 0 Å². The van der Waals surface area contributed by atoms with E-state index in [4.69, 9.17) is 5.73 Å². The van der Waals surface area contributed by atoms with Crippen LogP contribution in [0.1, 0.15) is 50.8 Å². The minimum atomic E-state index is 0.164. The van der Waals surface area contributed by atoms with Gasteiger partial charge in [-0.15, -0.1) is 0 Å². The van der Waals surface area contributed by atoms with E-state index in [1.54, 1.807) is 0 Å². The van der Waals surface area contributed by atoms with E-state index in [9.17, 15) is 0 Å². The second kappa shape index (κ2) is 6.53. The Kier molecular flexibility index (Phi) is 5.00. The standard InChI is InChI=1S/C17H28N2/c1-4-19(12-13(2)3)16-11-7-9-14-8-5-6-10-15(14)17(16)18/h5-6,8,10,13,16-17H,4,7,9,11-12,18H2,1-3H3. The molecule has 0 bridgehead atoms. The monoisotopic (exact) mass is 260 g/mol. The summed E-state index contributed by atoms with van der Waals surface area (Å²) in [5.41, 5.74) is 9.43. The fourth-order valence-corrected chi connectivity index (χ4v) is 3.35. The third-order valence-electron chi connectivity index (χ3n) is 4.25. The van der Waals surface area contributed by atoms with Crippen molar-refractivity contribution >= 4 is 0 Å². The molecule has 0 spiro atoms. The van der Waals surface area contributed by atoms with E-state index in [2.05, 4.69) is 49.9 Å². The fraction of sp³-hybridized carbons (Fsp3) is 0.647. The highest BCUT2D eigenvalue weighted by Crippen LogP contribution is 2.30. The van der Waals surface area contributed by atoms with E-state index in [0.29, 0.717) is 12.0 Å². The van der Waals surface area contributed by atoms with Crippen molar-refractivity contribution in [2.45, 2.75) is 52.1 Å². The molecular weight excluding hydrogens is 232 g/mol. The smallest absolute Gasteiger partial charge is 0.0455 e. The number of rotatable bonds is 4. The number of nitrogens with two attached hydrogens (primary N) is 1. The molecule has 2 atom stereocenters. The van der Waals surface area contributed by atoms with Gasteiger partial charge in [-0.2, -0.15) is 0 Å². The minimum absolute atomic E-state index is 0.164. The molecule has 0 amide bonds. The molecule has 0 aromatic heterocycles. The van der Waals surface area contributed by atoms with E-state index < -0.39 is 0 Å². The lowest BCUT2D eigenvalue weighted by molar-refractivity contribution is 0.152. The zero-order chi connectivity index (χ0) is 13.8. The van der Waals surface area contributed by atoms with Gasteiger partial charge < -0.3 is 5.73 Å². The largest absolute Gasteiger partial charge is 0.323 e. The summed E-state index contributed by atoms with van der Waals surface area (Å²) in [6, 6.07) is 9.39. The molecule has 0 fully saturated rings. The van der Waals surface area contributed by atoms with Gasteiger partial charge in [-0.25, -0.2) is 0 Å². The van der Waals surface area contributed by atoms with Crippen molar-refractivity contribution in [3.8, 4) is 0 Å². The van der Waals surface area contributed by atoms with Crippen LogP contribution in [0.5, 0.6) is 0 Å². The number of hydrogen-bond donors (Lipinski definition) is 1. The first-order valence-corrected chi connectivity index (χ1v) is 7.71. The summed E-state index contributed by atoms with van der Waals surface area (Å²) < 4.78 is 0. The van der Waals surface area contributed by atoms with Crippen molar-refractivity contribution in [3.63, 3.8) is 0 Å². The Bertz CT molecular complexity index is 400. The number of likely N-dealkylation sites (N-methyl/N-ethyl adjacent to an activating group) is 1. The Morgan fingerprint density at radius 3 is 2.74 bits per heavy atom. The van der Waals surface area contributed by atoms with Gasteiger partial charge in [0.15, 0.2) is 0 Å². The van der Waals surface area contributed by atoms with Crippen molar-refractivity contribution in [1.29, 1.82) is 0 Å². The van der Waals surface area contributed by atoms with Gasteiger partial charge in [0.25, 0.3) is 0 Å². The average Bonchev–Trinajstić information content (AvgIpc) is 2.56. The fourth-order valence-electron chi connectivity index (χ4n) is 3.35. The summed E-state index contributed by atoms with van der Waals surface area (Å²) in [7, 11) is 0. The van der Waals surface area contributed by atoms with Crippen molar-refractivity contribution in [2.75, 3.05) is 13.1 Å². The van der Waals surface area contributed by atoms with Gasteiger partial charge in [0.05, 0.1) is 0 Å². The molecule has 0 saturated carbocycles. The first-order valence-electron chi connectivity index (χ1n) is 7.71. The maximum atomic E-state index is 6.60. The molecule has 2 N–H and O–H groups in total. The van der Waals surface area contributed by atoms with Crippen LogP contribution in [0.4, 0.5) is 0 Å². The quantitative estimate of drug-likeness (QED) is 0.841. The summed E-state index contributed by atoms with van der Waals surface area (Å²) in [5, 5.41) is 0. The summed E-state index contributed by atoms with van der Waals surface area (Å²) >= 11 is 0. The van der Waals surface area contributed by atoms with Gasteiger partial charge in [-0.3, -0.25) is 4.90 Å². The Labute approximate surface area is 118 Å². The number of hydrogen-bond acceptors (Lipinski definition) is 2. The van der Waals surface area contributed by atoms with Crippen LogP contribution in [-0.4, -0.2) is 24.0 Å². The van der Waals surface area contributed by atoms with Crippen LogP contribution in [0.25, 0.3) is 0 Å². The Hall–Kier alpha value is -0.860. The van der Waals surface area contributed by atoms with E-state index in [1.165, 1.54) is 30.4 Å². The van der Waals surface area contributed by atoms with Crippen molar-refractivity contribution in [1.82, 2.24) is 4.90 Å². The predicted octanol–water partition coefficient (Wildman–Crippen LogP) is 3.37. The van der Waals surface area contributed by atoms with Gasteiger partial charge in [0, 0.05) is 18.6 Å². The van der Waals surface area contributed by atoms with Gasteiger partial charge in [0.2, 0.25) is 0 Å². The topological polar surface area (TPSA) is 29.3 Å². The molecular formula is C17H28N2. The van der Waals surface area contributed by atoms with Crippen LogP contribution in [0, 0.1) is 5.92 Å². The summed E-state index contributed by atoms with van der Waals surface area (Å²) in [6.07, 6.45) is 3.65. The highest BCUT2D eigenvalue weighted by atomic mass is 15.2. The van der Waals surface area contributed by atoms with Crippen LogP contribution in [0.2, 0.25) is 0 Å². The number of fused-ring (bicyclic) bond motifs is 1. The first-order chi connectivity index (χ1) is 9.13. The Balaban J connectivity index is 2.22. The van der Waals surface area contributed by atoms with E-state index >= 15 is 0 Å².